The lowest BCUT2D eigenvalue weighted by molar-refractivity contribution is 0.288. The molecule has 2 aliphatic rings. The molecule has 0 atom stereocenters. The Labute approximate surface area is 148 Å². The second kappa shape index (κ2) is 6.80. The second-order valence-corrected chi connectivity index (χ2v) is 8.54. The van der Waals surface area contributed by atoms with Gasteiger partial charge >= 0.3 is 0 Å². The van der Waals surface area contributed by atoms with Crippen molar-refractivity contribution < 1.29 is 13.2 Å². The van der Waals surface area contributed by atoms with E-state index in [1.54, 1.807) is 18.2 Å². The fraction of sp³-hybridized carbons (Fsp3) is 0.500. The van der Waals surface area contributed by atoms with Crippen LogP contribution in [0.4, 0.5) is 0 Å². The van der Waals surface area contributed by atoms with Gasteiger partial charge in [-0.05, 0) is 55.5 Å². The van der Waals surface area contributed by atoms with Crippen LogP contribution >= 0.6 is 0 Å². The molecular weight excluding hydrogens is 338 g/mol. The summed E-state index contributed by atoms with van der Waals surface area (Å²) in [6.45, 7) is 0.899. The van der Waals surface area contributed by atoms with Gasteiger partial charge in [0.1, 0.15) is 5.75 Å². The number of fused-ring (bicyclic) bond motifs is 1. The first-order chi connectivity index (χ1) is 12.1. The molecule has 1 fully saturated rings. The van der Waals surface area contributed by atoms with Crippen LogP contribution in [0, 0.1) is 0 Å². The van der Waals surface area contributed by atoms with E-state index in [-0.39, 0.29) is 11.4 Å². The number of hydrogen-bond acceptors (Lipinski definition) is 4. The molecule has 0 bridgehead atoms. The van der Waals surface area contributed by atoms with Crippen LogP contribution in [0.25, 0.3) is 0 Å². The maximum absolute atomic E-state index is 12.6. The highest BCUT2D eigenvalue weighted by Crippen LogP contribution is 2.29. The van der Waals surface area contributed by atoms with Crippen LogP contribution in [-0.2, 0) is 23.0 Å². The van der Waals surface area contributed by atoms with Crippen molar-refractivity contribution in [2.45, 2.75) is 56.0 Å². The largest absolute Gasteiger partial charge is 0.493 e. The molecule has 1 aromatic carbocycles. The van der Waals surface area contributed by atoms with Gasteiger partial charge in [-0.25, -0.2) is 13.1 Å². The van der Waals surface area contributed by atoms with Gasteiger partial charge in [-0.15, -0.1) is 0 Å². The van der Waals surface area contributed by atoms with E-state index >= 15 is 0 Å². The van der Waals surface area contributed by atoms with Crippen molar-refractivity contribution in [3.8, 4) is 5.75 Å². The zero-order chi connectivity index (χ0) is 17.3. The van der Waals surface area contributed by atoms with Crippen molar-refractivity contribution in [3.05, 3.63) is 41.7 Å². The summed E-state index contributed by atoms with van der Waals surface area (Å²) in [5, 5.41) is 4.53. The number of nitrogens with zero attached hydrogens (tertiary/aromatic N) is 2. The standard InChI is InChI=1S/C18H23N3O3S/c22-25(23,17-7-8-18-14(12-17)4-3-11-24-18)19-13-15-9-10-21(20-15)16-5-1-2-6-16/h7-10,12,16,19H,1-6,11,13H2. The summed E-state index contributed by atoms with van der Waals surface area (Å²) in [6.07, 6.45) is 8.53. The summed E-state index contributed by atoms with van der Waals surface area (Å²) in [4.78, 5) is 0.284. The first-order valence-corrected chi connectivity index (χ1v) is 10.4. The zero-order valence-corrected chi connectivity index (χ0v) is 15.0. The normalized spacial score (nSPS) is 18.1. The Balaban J connectivity index is 1.44. The van der Waals surface area contributed by atoms with Crippen LogP contribution in [0.1, 0.15) is 49.4 Å². The third kappa shape index (κ3) is 3.57. The Morgan fingerprint density at radius 2 is 2.04 bits per heavy atom. The lowest BCUT2D eigenvalue weighted by Gasteiger charge is -2.17. The van der Waals surface area contributed by atoms with E-state index in [1.165, 1.54) is 12.8 Å². The minimum Gasteiger partial charge on any atom is -0.493 e. The van der Waals surface area contributed by atoms with E-state index in [9.17, 15) is 8.42 Å². The molecule has 1 N–H and O–H groups in total. The number of sulfonamides is 1. The van der Waals surface area contributed by atoms with Crippen LogP contribution in [0.2, 0.25) is 0 Å². The van der Waals surface area contributed by atoms with Gasteiger partial charge in [-0.3, -0.25) is 4.68 Å². The fourth-order valence-electron chi connectivity index (χ4n) is 3.60. The lowest BCUT2D eigenvalue weighted by atomic mass is 10.1. The number of aromatic nitrogens is 2. The van der Waals surface area contributed by atoms with Crippen molar-refractivity contribution in [1.29, 1.82) is 0 Å². The molecule has 1 aliphatic carbocycles. The van der Waals surface area contributed by atoms with E-state index in [1.807, 2.05) is 16.9 Å². The number of benzene rings is 1. The smallest absolute Gasteiger partial charge is 0.240 e. The van der Waals surface area contributed by atoms with Gasteiger partial charge in [0.2, 0.25) is 10.0 Å². The highest BCUT2D eigenvalue weighted by Gasteiger charge is 2.20. The molecule has 0 amide bonds. The van der Waals surface area contributed by atoms with Crippen molar-refractivity contribution in [2.24, 2.45) is 0 Å². The summed E-state index contributed by atoms with van der Waals surface area (Å²) in [5.74, 6) is 0.792. The maximum atomic E-state index is 12.6. The molecule has 0 unspecified atom stereocenters. The van der Waals surface area contributed by atoms with Gasteiger partial charge in [0.25, 0.3) is 0 Å². The van der Waals surface area contributed by atoms with Crippen molar-refractivity contribution >= 4 is 10.0 Å². The molecule has 1 saturated carbocycles. The second-order valence-electron chi connectivity index (χ2n) is 6.77. The molecule has 0 radical (unpaired) electrons. The Kier molecular flexibility index (Phi) is 4.52. The monoisotopic (exact) mass is 361 g/mol. The maximum Gasteiger partial charge on any atom is 0.240 e. The first-order valence-electron chi connectivity index (χ1n) is 8.91. The molecule has 2 heterocycles. The molecular formula is C18H23N3O3S. The minimum atomic E-state index is -3.56. The average molecular weight is 361 g/mol. The highest BCUT2D eigenvalue weighted by atomic mass is 32.2. The Morgan fingerprint density at radius 1 is 1.20 bits per heavy atom. The van der Waals surface area contributed by atoms with Crippen molar-refractivity contribution in [1.82, 2.24) is 14.5 Å². The molecule has 7 heteroatoms. The van der Waals surface area contributed by atoms with E-state index in [0.29, 0.717) is 12.6 Å². The third-order valence-electron chi connectivity index (χ3n) is 5.00. The summed E-state index contributed by atoms with van der Waals surface area (Å²) in [5.41, 5.74) is 1.71. The lowest BCUT2D eigenvalue weighted by Crippen LogP contribution is -2.24. The van der Waals surface area contributed by atoms with Gasteiger partial charge in [-0.1, -0.05) is 12.8 Å². The van der Waals surface area contributed by atoms with Crippen LogP contribution in [0.5, 0.6) is 5.75 Å². The van der Waals surface area contributed by atoms with E-state index < -0.39 is 10.0 Å². The van der Waals surface area contributed by atoms with Gasteiger partial charge in [-0.2, -0.15) is 5.10 Å². The molecule has 0 saturated heterocycles. The molecule has 1 aliphatic heterocycles. The zero-order valence-electron chi connectivity index (χ0n) is 14.1. The number of hydrogen-bond donors (Lipinski definition) is 1. The van der Waals surface area contributed by atoms with Gasteiger partial charge in [0.05, 0.1) is 29.8 Å². The van der Waals surface area contributed by atoms with E-state index in [2.05, 4.69) is 9.82 Å². The average Bonchev–Trinajstić information content (AvgIpc) is 3.31. The van der Waals surface area contributed by atoms with Crippen LogP contribution in [-0.4, -0.2) is 24.8 Å². The van der Waals surface area contributed by atoms with E-state index in [0.717, 1.165) is 42.7 Å². The minimum absolute atomic E-state index is 0.204. The van der Waals surface area contributed by atoms with Crippen molar-refractivity contribution in [2.75, 3.05) is 6.61 Å². The van der Waals surface area contributed by atoms with Gasteiger partial charge in [0, 0.05) is 6.20 Å². The summed E-state index contributed by atoms with van der Waals surface area (Å²) >= 11 is 0. The fourth-order valence-corrected chi connectivity index (χ4v) is 4.65. The Morgan fingerprint density at radius 3 is 2.88 bits per heavy atom. The third-order valence-corrected chi connectivity index (χ3v) is 6.39. The highest BCUT2D eigenvalue weighted by molar-refractivity contribution is 7.89. The predicted molar refractivity (Wildman–Crippen MR) is 94.0 cm³/mol. The van der Waals surface area contributed by atoms with Crippen LogP contribution in [0.3, 0.4) is 0 Å². The number of nitrogens with one attached hydrogen (secondary N) is 1. The summed E-state index contributed by atoms with van der Waals surface area (Å²) < 4.78 is 35.3. The van der Waals surface area contributed by atoms with Crippen LogP contribution < -0.4 is 9.46 Å². The Bertz CT molecular complexity index is 854. The first kappa shape index (κ1) is 16.6. The number of rotatable bonds is 5. The summed E-state index contributed by atoms with van der Waals surface area (Å²) in [6, 6.07) is 7.42. The number of ether oxygens (including phenoxy) is 1. The van der Waals surface area contributed by atoms with Gasteiger partial charge < -0.3 is 4.74 Å². The topological polar surface area (TPSA) is 73.2 Å². The van der Waals surface area contributed by atoms with Crippen LogP contribution in [0.15, 0.2) is 35.4 Å². The molecule has 134 valence electrons. The van der Waals surface area contributed by atoms with Gasteiger partial charge in [0.15, 0.2) is 0 Å². The molecule has 4 rings (SSSR count). The summed E-state index contributed by atoms with van der Waals surface area (Å²) in [7, 11) is -3.56. The molecule has 1 aromatic heterocycles. The molecule has 25 heavy (non-hydrogen) atoms. The quantitative estimate of drug-likeness (QED) is 0.889. The Hall–Kier alpha value is -1.86. The molecule has 2 aromatic rings. The predicted octanol–water partition coefficient (Wildman–Crippen LogP) is 2.80. The number of aryl methyl sites for hydroxylation is 1. The molecule has 6 nitrogen and oxygen atoms in total. The van der Waals surface area contributed by atoms with E-state index in [4.69, 9.17) is 4.74 Å². The molecule has 0 spiro atoms. The van der Waals surface area contributed by atoms with Crippen molar-refractivity contribution in [3.63, 3.8) is 0 Å². The SMILES string of the molecule is O=S(=O)(NCc1ccn(C2CCCC2)n1)c1ccc2c(c1)CCCO2.